The Labute approximate surface area is 155 Å². The Hall–Kier alpha value is -2.99. The monoisotopic (exact) mass is 373 g/mol. The molecule has 0 aliphatic carbocycles. The van der Waals surface area contributed by atoms with E-state index in [4.69, 9.17) is 30.3 Å². The second kappa shape index (κ2) is 8.40. The molecule has 0 unspecified atom stereocenters. The Kier molecular flexibility index (Phi) is 5.76. The van der Waals surface area contributed by atoms with Crippen LogP contribution >= 0.6 is 11.6 Å². The van der Waals surface area contributed by atoms with Crippen LogP contribution in [0.15, 0.2) is 59.1 Å². The zero-order chi connectivity index (χ0) is 18.4. The van der Waals surface area contributed by atoms with Crippen molar-refractivity contribution < 1.29 is 23.5 Å². The first-order valence-corrected chi connectivity index (χ1v) is 8.16. The van der Waals surface area contributed by atoms with Gasteiger partial charge in [0.25, 0.3) is 0 Å². The first-order chi connectivity index (χ1) is 12.7. The van der Waals surface area contributed by atoms with Crippen LogP contribution in [0.25, 0.3) is 11.3 Å². The van der Waals surface area contributed by atoms with Gasteiger partial charge in [0.15, 0.2) is 23.9 Å². The van der Waals surface area contributed by atoms with E-state index in [1.807, 2.05) is 18.2 Å². The lowest BCUT2D eigenvalue weighted by atomic mass is 10.2. The summed E-state index contributed by atoms with van der Waals surface area (Å²) in [6.45, 7) is -0.243. The maximum Gasteiger partial charge on any atom is 0.344 e. The van der Waals surface area contributed by atoms with E-state index < -0.39 is 5.97 Å². The Morgan fingerprint density at radius 2 is 1.85 bits per heavy atom. The highest BCUT2D eigenvalue weighted by Gasteiger charge is 2.11. The van der Waals surface area contributed by atoms with E-state index in [1.54, 1.807) is 36.4 Å². The number of aromatic nitrogens is 1. The van der Waals surface area contributed by atoms with Crippen LogP contribution in [0.3, 0.4) is 0 Å². The molecule has 1 aromatic heterocycles. The average molecular weight is 374 g/mol. The topological polar surface area (TPSA) is 70.8 Å². The molecule has 0 radical (unpaired) electrons. The Morgan fingerprint density at radius 3 is 2.58 bits per heavy atom. The van der Waals surface area contributed by atoms with Gasteiger partial charge in [-0.05, 0) is 36.4 Å². The third-order valence-corrected chi connectivity index (χ3v) is 3.74. The number of hydrogen-bond acceptors (Lipinski definition) is 6. The summed E-state index contributed by atoms with van der Waals surface area (Å²) in [5.74, 6) is 1.06. The van der Waals surface area contributed by atoms with Crippen molar-refractivity contribution in [3.05, 3.63) is 65.3 Å². The number of carbonyl (C=O) groups is 1. The zero-order valence-corrected chi connectivity index (χ0v) is 14.7. The molecule has 0 saturated carbocycles. The molecule has 0 bridgehead atoms. The molecule has 0 N–H and O–H groups in total. The van der Waals surface area contributed by atoms with E-state index in [0.29, 0.717) is 28.0 Å². The molecule has 0 aliphatic heterocycles. The Morgan fingerprint density at radius 1 is 1.12 bits per heavy atom. The van der Waals surface area contributed by atoms with Gasteiger partial charge in [0.1, 0.15) is 12.3 Å². The molecule has 26 heavy (non-hydrogen) atoms. The lowest BCUT2D eigenvalue weighted by Gasteiger charge is -2.09. The van der Waals surface area contributed by atoms with E-state index >= 15 is 0 Å². The highest BCUT2D eigenvalue weighted by Crippen LogP contribution is 2.26. The molecule has 0 atom stereocenters. The molecule has 1 heterocycles. The predicted octanol–water partition coefficient (Wildman–Crippen LogP) is 4.13. The molecule has 0 aliphatic rings. The minimum atomic E-state index is -0.521. The van der Waals surface area contributed by atoms with E-state index in [-0.39, 0.29) is 13.2 Å². The lowest BCUT2D eigenvalue weighted by molar-refractivity contribution is -0.147. The molecular weight excluding hydrogens is 358 g/mol. The van der Waals surface area contributed by atoms with Gasteiger partial charge in [-0.1, -0.05) is 28.9 Å². The minimum Gasteiger partial charge on any atom is -0.493 e. The second-order valence-corrected chi connectivity index (χ2v) is 5.73. The smallest absolute Gasteiger partial charge is 0.344 e. The van der Waals surface area contributed by atoms with Crippen molar-refractivity contribution in [1.82, 2.24) is 5.16 Å². The van der Waals surface area contributed by atoms with Gasteiger partial charge in [0.2, 0.25) is 0 Å². The summed E-state index contributed by atoms with van der Waals surface area (Å²) in [7, 11) is 1.53. The molecule has 6 nitrogen and oxygen atoms in total. The standard InChI is InChI=1S/C19H16ClNO5/c1-23-16-4-2-3-5-17(16)24-12-19(22)25-11-15-10-18(26-21-15)13-6-8-14(20)9-7-13/h2-10H,11-12H2,1H3. The average Bonchev–Trinajstić information content (AvgIpc) is 3.14. The van der Waals surface area contributed by atoms with Crippen LogP contribution in [0.1, 0.15) is 5.69 Å². The lowest BCUT2D eigenvalue weighted by Crippen LogP contribution is -2.15. The molecule has 2 aromatic carbocycles. The van der Waals surface area contributed by atoms with Crippen molar-refractivity contribution >= 4 is 17.6 Å². The first kappa shape index (κ1) is 17.8. The number of nitrogens with zero attached hydrogens (tertiary/aromatic N) is 1. The minimum absolute atomic E-state index is 0.00872. The zero-order valence-electron chi connectivity index (χ0n) is 14.0. The third-order valence-electron chi connectivity index (χ3n) is 3.48. The number of esters is 1. The van der Waals surface area contributed by atoms with E-state index in [0.717, 1.165) is 5.56 Å². The summed E-state index contributed by atoms with van der Waals surface area (Å²) in [4.78, 5) is 11.8. The highest BCUT2D eigenvalue weighted by atomic mass is 35.5. The Bertz CT molecular complexity index is 876. The van der Waals surface area contributed by atoms with Crippen molar-refractivity contribution in [2.24, 2.45) is 0 Å². The van der Waals surface area contributed by atoms with Gasteiger partial charge in [-0.25, -0.2) is 4.79 Å². The quantitative estimate of drug-likeness (QED) is 0.580. The first-order valence-electron chi connectivity index (χ1n) is 7.78. The SMILES string of the molecule is COc1ccccc1OCC(=O)OCc1cc(-c2ccc(Cl)cc2)on1. The van der Waals surface area contributed by atoms with Crippen molar-refractivity contribution in [1.29, 1.82) is 0 Å². The second-order valence-electron chi connectivity index (χ2n) is 5.29. The number of carbonyl (C=O) groups excluding carboxylic acids is 1. The van der Waals surface area contributed by atoms with Gasteiger partial charge >= 0.3 is 5.97 Å². The summed E-state index contributed by atoms with van der Waals surface area (Å²) in [5.41, 5.74) is 1.33. The van der Waals surface area contributed by atoms with Crippen LogP contribution in [-0.4, -0.2) is 24.8 Å². The van der Waals surface area contributed by atoms with Gasteiger partial charge in [0.05, 0.1) is 7.11 Å². The summed E-state index contributed by atoms with van der Waals surface area (Å²) >= 11 is 5.86. The number of methoxy groups -OCH3 is 1. The number of hydrogen-bond donors (Lipinski definition) is 0. The van der Waals surface area contributed by atoms with Crippen molar-refractivity contribution in [2.45, 2.75) is 6.61 Å². The fourth-order valence-electron chi connectivity index (χ4n) is 2.20. The molecule has 134 valence electrons. The van der Waals surface area contributed by atoms with Crippen LogP contribution < -0.4 is 9.47 Å². The number of benzene rings is 2. The normalized spacial score (nSPS) is 10.4. The molecule has 3 aromatic rings. The fourth-order valence-corrected chi connectivity index (χ4v) is 2.33. The van der Waals surface area contributed by atoms with Gasteiger partial charge in [-0.2, -0.15) is 0 Å². The summed E-state index contributed by atoms with van der Waals surface area (Å²) < 4.78 is 21.0. The number of rotatable bonds is 7. The largest absolute Gasteiger partial charge is 0.493 e. The highest BCUT2D eigenvalue weighted by molar-refractivity contribution is 6.30. The maximum atomic E-state index is 11.8. The molecule has 0 amide bonds. The van der Waals surface area contributed by atoms with Gasteiger partial charge in [-0.3, -0.25) is 0 Å². The van der Waals surface area contributed by atoms with Crippen LogP contribution in [0.2, 0.25) is 5.02 Å². The van der Waals surface area contributed by atoms with Crippen LogP contribution in [0, 0.1) is 0 Å². The van der Waals surface area contributed by atoms with Crippen molar-refractivity contribution in [3.63, 3.8) is 0 Å². The van der Waals surface area contributed by atoms with E-state index in [9.17, 15) is 4.79 Å². The van der Waals surface area contributed by atoms with Crippen molar-refractivity contribution in [3.8, 4) is 22.8 Å². The number of halogens is 1. The molecule has 0 saturated heterocycles. The van der Waals surface area contributed by atoms with Crippen LogP contribution in [-0.2, 0) is 16.1 Å². The van der Waals surface area contributed by atoms with E-state index in [1.165, 1.54) is 7.11 Å². The van der Waals surface area contributed by atoms with Gasteiger partial charge in [0, 0.05) is 16.7 Å². The van der Waals surface area contributed by atoms with Crippen LogP contribution in [0.4, 0.5) is 0 Å². The predicted molar refractivity (Wildman–Crippen MR) is 95.2 cm³/mol. The van der Waals surface area contributed by atoms with Gasteiger partial charge < -0.3 is 18.7 Å². The third kappa shape index (κ3) is 4.55. The number of para-hydroxylation sites is 2. The maximum absolute atomic E-state index is 11.8. The van der Waals surface area contributed by atoms with Gasteiger partial charge in [-0.15, -0.1) is 0 Å². The molecule has 0 fully saturated rings. The molecular formula is C19H16ClNO5. The van der Waals surface area contributed by atoms with Crippen molar-refractivity contribution in [2.75, 3.05) is 13.7 Å². The summed E-state index contributed by atoms with van der Waals surface area (Å²) in [6, 6.07) is 15.9. The molecule has 7 heteroatoms. The molecule has 0 spiro atoms. The van der Waals surface area contributed by atoms with Crippen LogP contribution in [0.5, 0.6) is 11.5 Å². The summed E-state index contributed by atoms with van der Waals surface area (Å²) in [5, 5.41) is 4.52. The number of ether oxygens (including phenoxy) is 3. The molecule has 3 rings (SSSR count). The fraction of sp³-hybridized carbons (Fsp3) is 0.158. The van der Waals surface area contributed by atoms with E-state index in [2.05, 4.69) is 5.16 Å². The Balaban J connectivity index is 1.51. The summed E-state index contributed by atoms with van der Waals surface area (Å²) in [6.07, 6.45) is 0.